The van der Waals surface area contributed by atoms with Crippen LogP contribution in [0.15, 0.2) is 0 Å². The Morgan fingerprint density at radius 1 is 1.32 bits per heavy atom. The van der Waals surface area contributed by atoms with Gasteiger partial charge in [-0.25, -0.2) is 0 Å². The van der Waals surface area contributed by atoms with Gasteiger partial charge in [-0.1, -0.05) is 13.3 Å². The maximum atomic E-state index is 12.8. The summed E-state index contributed by atoms with van der Waals surface area (Å²) in [5.74, 6) is 1.76. The maximum Gasteiger partial charge on any atom is 0.240 e. The highest BCUT2D eigenvalue weighted by Gasteiger charge is 2.44. The van der Waals surface area contributed by atoms with Gasteiger partial charge in [0.05, 0.1) is 6.04 Å². The first-order valence-corrected chi connectivity index (χ1v) is 7.93. The number of amides is 1. The van der Waals surface area contributed by atoms with Crippen molar-refractivity contribution < 1.29 is 4.79 Å². The van der Waals surface area contributed by atoms with Crippen molar-refractivity contribution in [2.24, 2.45) is 11.8 Å². The van der Waals surface area contributed by atoms with Crippen LogP contribution in [0.1, 0.15) is 32.6 Å². The number of hydrogen-bond donors (Lipinski definition) is 1. The van der Waals surface area contributed by atoms with E-state index < -0.39 is 0 Å². The Morgan fingerprint density at radius 2 is 2.16 bits per heavy atom. The molecule has 0 aromatic heterocycles. The molecule has 4 atom stereocenters. The van der Waals surface area contributed by atoms with E-state index in [1.165, 1.54) is 19.3 Å². The largest absolute Gasteiger partial charge is 0.338 e. The van der Waals surface area contributed by atoms with E-state index in [-0.39, 0.29) is 6.04 Å². The molecule has 19 heavy (non-hydrogen) atoms. The second kappa shape index (κ2) is 5.41. The zero-order chi connectivity index (χ0) is 13.4. The number of piperazine rings is 1. The van der Waals surface area contributed by atoms with Crippen LogP contribution in [0.25, 0.3) is 0 Å². The first kappa shape index (κ1) is 13.4. The number of rotatable bonds is 2. The summed E-state index contributed by atoms with van der Waals surface area (Å²) in [7, 11) is 2.18. The van der Waals surface area contributed by atoms with Crippen molar-refractivity contribution in [1.29, 1.82) is 0 Å². The highest BCUT2D eigenvalue weighted by atomic mass is 16.2. The third-order valence-corrected chi connectivity index (χ3v) is 5.57. The van der Waals surface area contributed by atoms with E-state index in [0.29, 0.717) is 17.9 Å². The van der Waals surface area contributed by atoms with Crippen LogP contribution in [0.3, 0.4) is 0 Å². The van der Waals surface area contributed by atoms with Gasteiger partial charge in [-0.2, -0.15) is 0 Å². The predicted octanol–water partition coefficient (Wildman–Crippen LogP) is 0.927. The van der Waals surface area contributed by atoms with Crippen molar-refractivity contribution in [1.82, 2.24) is 15.1 Å². The van der Waals surface area contributed by atoms with E-state index in [9.17, 15) is 4.79 Å². The zero-order valence-corrected chi connectivity index (χ0v) is 12.3. The molecular weight excluding hydrogens is 238 g/mol. The highest BCUT2D eigenvalue weighted by Crippen LogP contribution is 2.38. The molecule has 4 nitrogen and oxygen atoms in total. The minimum Gasteiger partial charge on any atom is -0.338 e. The molecule has 1 N–H and O–H groups in total. The molecule has 2 aliphatic heterocycles. The Balaban J connectivity index is 1.64. The summed E-state index contributed by atoms with van der Waals surface area (Å²) in [4.78, 5) is 17.3. The second-order valence-corrected chi connectivity index (χ2v) is 6.57. The van der Waals surface area contributed by atoms with E-state index in [1.807, 2.05) is 0 Å². The fourth-order valence-corrected chi connectivity index (χ4v) is 4.24. The molecule has 3 rings (SSSR count). The van der Waals surface area contributed by atoms with Crippen molar-refractivity contribution in [3.8, 4) is 0 Å². The maximum absolute atomic E-state index is 12.8. The van der Waals surface area contributed by atoms with Crippen LogP contribution in [0.5, 0.6) is 0 Å². The van der Waals surface area contributed by atoms with Crippen molar-refractivity contribution in [2.45, 2.75) is 44.7 Å². The van der Waals surface area contributed by atoms with Crippen molar-refractivity contribution in [2.75, 3.05) is 33.2 Å². The van der Waals surface area contributed by atoms with Gasteiger partial charge in [0.25, 0.3) is 0 Å². The molecule has 108 valence electrons. The first-order valence-electron chi connectivity index (χ1n) is 7.93. The summed E-state index contributed by atoms with van der Waals surface area (Å²) in [6.07, 6.45) is 5.02. The first-order chi connectivity index (χ1) is 9.20. The van der Waals surface area contributed by atoms with E-state index in [2.05, 4.69) is 29.1 Å². The number of nitrogens with one attached hydrogen (secondary N) is 1. The molecule has 0 bridgehead atoms. The Labute approximate surface area is 116 Å². The number of carbonyl (C=O) groups excluding carboxylic acids is 1. The van der Waals surface area contributed by atoms with Crippen LogP contribution in [0.2, 0.25) is 0 Å². The van der Waals surface area contributed by atoms with Gasteiger partial charge in [0.15, 0.2) is 0 Å². The molecule has 3 fully saturated rings. The molecule has 0 spiro atoms. The van der Waals surface area contributed by atoms with E-state index in [1.54, 1.807) is 0 Å². The van der Waals surface area contributed by atoms with Crippen molar-refractivity contribution in [3.05, 3.63) is 0 Å². The van der Waals surface area contributed by atoms with Gasteiger partial charge in [-0.05, 0) is 44.7 Å². The van der Waals surface area contributed by atoms with Crippen LogP contribution < -0.4 is 5.32 Å². The minimum atomic E-state index is 0.119. The Morgan fingerprint density at radius 3 is 2.95 bits per heavy atom. The summed E-state index contributed by atoms with van der Waals surface area (Å²) >= 11 is 0. The summed E-state index contributed by atoms with van der Waals surface area (Å²) in [5, 5.41) is 3.49. The van der Waals surface area contributed by atoms with Gasteiger partial charge >= 0.3 is 0 Å². The lowest BCUT2D eigenvalue weighted by molar-refractivity contribution is -0.137. The molecule has 1 saturated carbocycles. The summed E-state index contributed by atoms with van der Waals surface area (Å²) in [6, 6.07) is 0.659. The van der Waals surface area contributed by atoms with Crippen molar-refractivity contribution in [3.63, 3.8) is 0 Å². The molecule has 4 unspecified atom stereocenters. The zero-order valence-electron chi connectivity index (χ0n) is 12.3. The van der Waals surface area contributed by atoms with E-state index >= 15 is 0 Å². The number of carbonyl (C=O) groups is 1. The fraction of sp³-hybridized carbons (Fsp3) is 0.933. The van der Waals surface area contributed by atoms with Gasteiger partial charge < -0.3 is 10.2 Å². The standard InChI is InChI=1S/C15H27N3O/c1-3-12-10-18(8-7-17(12)2)15(19)14-13-6-4-5-11(13)9-16-14/h11-14,16H,3-10H2,1-2H3. The van der Waals surface area contributed by atoms with Crippen molar-refractivity contribution >= 4 is 5.91 Å². The van der Waals surface area contributed by atoms with Gasteiger partial charge in [-0.15, -0.1) is 0 Å². The van der Waals surface area contributed by atoms with E-state index in [0.717, 1.165) is 38.5 Å². The summed E-state index contributed by atoms with van der Waals surface area (Å²) in [6.45, 7) is 6.12. The molecule has 0 aromatic rings. The number of likely N-dealkylation sites (N-methyl/N-ethyl adjacent to an activating group) is 1. The molecule has 1 aliphatic carbocycles. The number of fused-ring (bicyclic) bond motifs is 1. The Kier molecular flexibility index (Phi) is 3.81. The van der Waals surface area contributed by atoms with Crippen LogP contribution in [-0.4, -0.2) is 61.0 Å². The summed E-state index contributed by atoms with van der Waals surface area (Å²) in [5.41, 5.74) is 0. The molecule has 3 aliphatic rings. The van der Waals surface area contributed by atoms with Gasteiger partial charge in [0, 0.05) is 25.7 Å². The van der Waals surface area contributed by atoms with Gasteiger partial charge in [0.1, 0.15) is 0 Å². The lowest BCUT2D eigenvalue weighted by atomic mass is 9.93. The number of nitrogens with zero attached hydrogens (tertiary/aromatic N) is 2. The third kappa shape index (κ3) is 2.40. The fourth-order valence-electron chi connectivity index (χ4n) is 4.24. The molecule has 2 heterocycles. The smallest absolute Gasteiger partial charge is 0.240 e. The Bertz CT molecular complexity index is 346. The second-order valence-electron chi connectivity index (χ2n) is 6.57. The normalized spacial score (nSPS) is 39.6. The van der Waals surface area contributed by atoms with Gasteiger partial charge in [-0.3, -0.25) is 9.69 Å². The molecule has 1 amide bonds. The van der Waals surface area contributed by atoms with Crippen LogP contribution >= 0.6 is 0 Å². The van der Waals surface area contributed by atoms with Gasteiger partial charge in [0.2, 0.25) is 5.91 Å². The quantitative estimate of drug-likeness (QED) is 0.807. The minimum absolute atomic E-state index is 0.119. The predicted molar refractivity (Wildman–Crippen MR) is 75.9 cm³/mol. The SMILES string of the molecule is CCC1CN(C(=O)C2NCC3CCCC32)CCN1C. The molecule has 4 heteroatoms. The average Bonchev–Trinajstić information content (AvgIpc) is 3.01. The van der Waals surface area contributed by atoms with Crippen LogP contribution in [-0.2, 0) is 4.79 Å². The molecule has 0 radical (unpaired) electrons. The summed E-state index contributed by atoms with van der Waals surface area (Å²) < 4.78 is 0. The lowest BCUT2D eigenvalue weighted by Crippen LogP contribution is -2.57. The van der Waals surface area contributed by atoms with Crippen LogP contribution in [0, 0.1) is 11.8 Å². The molecule has 2 saturated heterocycles. The molecule has 0 aromatic carbocycles. The van der Waals surface area contributed by atoms with E-state index in [4.69, 9.17) is 0 Å². The number of hydrogen-bond acceptors (Lipinski definition) is 3. The van der Waals surface area contributed by atoms with Crippen LogP contribution in [0.4, 0.5) is 0 Å². The highest BCUT2D eigenvalue weighted by molar-refractivity contribution is 5.83. The molecular formula is C15H27N3O. The average molecular weight is 265 g/mol. The monoisotopic (exact) mass is 265 g/mol. The Hall–Kier alpha value is -0.610. The lowest BCUT2D eigenvalue weighted by Gasteiger charge is -2.40. The topological polar surface area (TPSA) is 35.6 Å². The third-order valence-electron chi connectivity index (χ3n) is 5.57.